The number of aryl methyl sites for hydroxylation is 1. The van der Waals surface area contributed by atoms with E-state index in [4.69, 9.17) is 10.5 Å². The van der Waals surface area contributed by atoms with Gasteiger partial charge in [-0.15, -0.1) is 0 Å². The van der Waals surface area contributed by atoms with Gasteiger partial charge >= 0.3 is 0 Å². The highest BCUT2D eigenvalue weighted by Gasteiger charge is 2.20. The number of nitrogen functional groups attached to an aromatic ring is 1. The Labute approximate surface area is 115 Å². The minimum Gasteiger partial charge on any atom is -0.492 e. The summed E-state index contributed by atoms with van der Waals surface area (Å²) >= 11 is 0. The molecule has 0 saturated heterocycles. The van der Waals surface area contributed by atoms with E-state index >= 15 is 0 Å². The second-order valence-corrected chi connectivity index (χ2v) is 5.66. The van der Waals surface area contributed by atoms with E-state index in [9.17, 15) is 12.8 Å². The van der Waals surface area contributed by atoms with Crippen LogP contribution < -0.4 is 15.2 Å². The van der Waals surface area contributed by atoms with Crippen molar-refractivity contribution in [2.24, 2.45) is 7.05 Å². The van der Waals surface area contributed by atoms with Crippen molar-refractivity contribution in [3.63, 3.8) is 0 Å². The molecule has 0 radical (unpaired) electrons. The molecule has 0 unspecified atom stereocenters. The third kappa shape index (κ3) is 2.52. The highest BCUT2D eigenvalue weighted by atomic mass is 32.2. The fourth-order valence-corrected chi connectivity index (χ4v) is 2.76. The lowest BCUT2D eigenvalue weighted by molar-refractivity contribution is 0.388. The molecule has 0 aliphatic heterocycles. The molecule has 0 fully saturated rings. The number of halogens is 1. The maximum Gasteiger partial charge on any atom is 0.263 e. The van der Waals surface area contributed by atoms with Crippen molar-refractivity contribution in [1.29, 1.82) is 0 Å². The van der Waals surface area contributed by atoms with Crippen LogP contribution in [0.25, 0.3) is 0 Å². The number of rotatable bonds is 4. The minimum absolute atomic E-state index is 0.0992. The summed E-state index contributed by atoms with van der Waals surface area (Å²) in [6, 6.07) is 3.44. The van der Waals surface area contributed by atoms with Crippen LogP contribution in [0.15, 0.2) is 29.3 Å². The number of methoxy groups -OCH3 is 1. The van der Waals surface area contributed by atoms with Gasteiger partial charge in [-0.1, -0.05) is 0 Å². The van der Waals surface area contributed by atoms with Crippen LogP contribution in [0.5, 0.6) is 5.75 Å². The third-order valence-electron chi connectivity index (χ3n) is 2.62. The Hall–Kier alpha value is -2.29. The molecule has 0 aliphatic rings. The van der Waals surface area contributed by atoms with Crippen LogP contribution in [0.1, 0.15) is 0 Å². The van der Waals surface area contributed by atoms with Gasteiger partial charge in [-0.05, 0) is 12.1 Å². The number of hydrogen-bond acceptors (Lipinski definition) is 5. The van der Waals surface area contributed by atoms with Crippen molar-refractivity contribution >= 4 is 21.5 Å². The van der Waals surface area contributed by atoms with Crippen LogP contribution in [-0.4, -0.2) is 25.3 Å². The number of nitrogens with zero attached hydrogens (tertiary/aromatic N) is 2. The van der Waals surface area contributed by atoms with E-state index in [1.807, 2.05) is 0 Å². The monoisotopic (exact) mass is 300 g/mol. The Morgan fingerprint density at radius 1 is 1.45 bits per heavy atom. The van der Waals surface area contributed by atoms with Crippen LogP contribution in [0.4, 0.5) is 15.9 Å². The van der Waals surface area contributed by atoms with Crippen molar-refractivity contribution in [1.82, 2.24) is 9.78 Å². The van der Waals surface area contributed by atoms with E-state index < -0.39 is 15.8 Å². The number of hydrogen-bond donors (Lipinski definition) is 2. The Bertz CT molecular complexity index is 719. The first-order valence-corrected chi connectivity index (χ1v) is 6.97. The van der Waals surface area contributed by atoms with Crippen LogP contribution in [-0.2, 0) is 17.1 Å². The number of sulfonamides is 1. The Morgan fingerprint density at radius 3 is 2.65 bits per heavy atom. The number of aromatic nitrogens is 2. The summed E-state index contributed by atoms with van der Waals surface area (Å²) in [6.07, 6.45) is 1.43. The average Bonchev–Trinajstić information content (AvgIpc) is 2.74. The summed E-state index contributed by atoms with van der Waals surface area (Å²) in [4.78, 5) is -0.297. The number of benzene rings is 1. The quantitative estimate of drug-likeness (QED) is 0.819. The SMILES string of the molecule is COc1c(N)cc(S(=O)(=O)Nc2ccnn2C)cc1F. The molecule has 1 aromatic carbocycles. The highest BCUT2D eigenvalue weighted by molar-refractivity contribution is 7.92. The largest absolute Gasteiger partial charge is 0.492 e. The van der Waals surface area contributed by atoms with Crippen molar-refractivity contribution in [3.05, 3.63) is 30.2 Å². The molecule has 0 amide bonds. The first kappa shape index (κ1) is 14.1. The van der Waals surface area contributed by atoms with E-state index in [-0.39, 0.29) is 22.2 Å². The smallest absolute Gasteiger partial charge is 0.263 e. The fourth-order valence-electron chi connectivity index (χ4n) is 1.63. The third-order valence-corrected chi connectivity index (χ3v) is 3.95. The van der Waals surface area contributed by atoms with Gasteiger partial charge in [-0.3, -0.25) is 9.40 Å². The number of nitrogens with two attached hydrogens (primary N) is 1. The lowest BCUT2D eigenvalue weighted by Gasteiger charge is -2.11. The summed E-state index contributed by atoms with van der Waals surface area (Å²) in [6.45, 7) is 0. The molecule has 3 N–H and O–H groups in total. The first-order chi connectivity index (χ1) is 9.35. The molecule has 1 aromatic heterocycles. The van der Waals surface area contributed by atoms with Gasteiger partial charge in [-0.2, -0.15) is 5.10 Å². The van der Waals surface area contributed by atoms with Crippen molar-refractivity contribution in [2.75, 3.05) is 17.6 Å². The van der Waals surface area contributed by atoms with Gasteiger partial charge < -0.3 is 10.5 Å². The molecular formula is C11H13FN4O3S. The maximum absolute atomic E-state index is 13.7. The zero-order chi connectivity index (χ0) is 14.9. The second-order valence-electron chi connectivity index (χ2n) is 3.97. The molecule has 7 nitrogen and oxygen atoms in total. The zero-order valence-corrected chi connectivity index (χ0v) is 11.6. The lowest BCUT2D eigenvalue weighted by Crippen LogP contribution is -2.16. The summed E-state index contributed by atoms with van der Waals surface area (Å²) in [5.41, 5.74) is 5.46. The number of anilines is 2. The minimum atomic E-state index is -3.96. The van der Waals surface area contributed by atoms with E-state index in [1.54, 1.807) is 7.05 Å². The van der Waals surface area contributed by atoms with Gasteiger partial charge in [-0.25, -0.2) is 12.8 Å². The van der Waals surface area contributed by atoms with Crippen LogP contribution in [0.2, 0.25) is 0 Å². The predicted octanol–water partition coefficient (Wildman–Crippen LogP) is 0.951. The Balaban J connectivity index is 2.43. The summed E-state index contributed by atoms with van der Waals surface area (Å²) in [5.74, 6) is -0.790. The van der Waals surface area contributed by atoms with E-state index in [0.29, 0.717) is 0 Å². The van der Waals surface area contributed by atoms with Gasteiger partial charge in [0.2, 0.25) is 0 Å². The van der Waals surface area contributed by atoms with E-state index in [2.05, 4.69) is 9.82 Å². The molecule has 20 heavy (non-hydrogen) atoms. The van der Waals surface area contributed by atoms with Crippen molar-refractivity contribution < 1.29 is 17.5 Å². The number of nitrogens with one attached hydrogen (secondary N) is 1. The second kappa shape index (κ2) is 5.00. The fraction of sp³-hybridized carbons (Fsp3) is 0.182. The molecule has 0 atom stereocenters. The summed E-state index contributed by atoms with van der Waals surface area (Å²) in [5, 5.41) is 3.83. The Kier molecular flexibility index (Phi) is 3.53. The zero-order valence-electron chi connectivity index (χ0n) is 10.8. The topological polar surface area (TPSA) is 99.2 Å². The molecule has 2 aromatic rings. The summed E-state index contributed by atoms with van der Waals surface area (Å²) < 4.78 is 46.3. The van der Waals surface area contributed by atoms with Crippen molar-refractivity contribution in [2.45, 2.75) is 4.90 Å². The number of ether oxygens (including phenoxy) is 1. The molecule has 0 spiro atoms. The average molecular weight is 300 g/mol. The van der Waals surface area contributed by atoms with Gasteiger partial charge in [0.1, 0.15) is 5.82 Å². The molecule has 2 rings (SSSR count). The molecule has 0 bridgehead atoms. The maximum atomic E-state index is 13.7. The lowest BCUT2D eigenvalue weighted by atomic mass is 10.3. The molecule has 9 heteroatoms. The normalized spacial score (nSPS) is 11.3. The standard InChI is InChI=1S/C11H13FN4O3S/c1-16-10(3-4-14-16)15-20(17,18)7-5-8(12)11(19-2)9(13)6-7/h3-6,15H,13H2,1-2H3. The highest BCUT2D eigenvalue weighted by Crippen LogP contribution is 2.29. The van der Waals surface area contributed by atoms with Gasteiger partial charge in [0, 0.05) is 13.1 Å². The summed E-state index contributed by atoms with van der Waals surface area (Å²) in [7, 11) is -1.14. The van der Waals surface area contributed by atoms with Gasteiger partial charge in [0.05, 0.1) is 23.9 Å². The molecule has 1 heterocycles. The first-order valence-electron chi connectivity index (χ1n) is 5.49. The molecular weight excluding hydrogens is 287 g/mol. The predicted molar refractivity (Wildman–Crippen MR) is 71.4 cm³/mol. The molecule has 0 aliphatic carbocycles. The van der Waals surface area contributed by atoms with Crippen LogP contribution in [0.3, 0.4) is 0 Å². The van der Waals surface area contributed by atoms with Gasteiger partial charge in [0.25, 0.3) is 10.0 Å². The van der Waals surface area contributed by atoms with Crippen LogP contribution in [0, 0.1) is 5.82 Å². The van der Waals surface area contributed by atoms with E-state index in [0.717, 1.165) is 12.1 Å². The molecule has 0 saturated carbocycles. The molecule has 108 valence electrons. The van der Waals surface area contributed by atoms with Crippen LogP contribution >= 0.6 is 0 Å². The van der Waals surface area contributed by atoms with E-state index in [1.165, 1.54) is 24.1 Å². The van der Waals surface area contributed by atoms with Gasteiger partial charge in [0.15, 0.2) is 11.6 Å². The van der Waals surface area contributed by atoms with Crippen molar-refractivity contribution in [3.8, 4) is 5.75 Å². The Morgan fingerprint density at radius 2 is 2.15 bits per heavy atom.